The third kappa shape index (κ3) is 6.03. The number of nitrogens with two attached hydrogens (primary N) is 1. The van der Waals surface area contributed by atoms with Crippen LogP contribution in [0.3, 0.4) is 0 Å². The van der Waals surface area contributed by atoms with Crippen LogP contribution in [0.4, 0.5) is 0 Å². The molecular weight excluding hydrogens is 304 g/mol. The molecule has 132 valence electrons. The first kappa shape index (κ1) is 18.6. The van der Waals surface area contributed by atoms with Crippen molar-refractivity contribution in [2.45, 2.75) is 19.3 Å². The lowest BCUT2D eigenvalue weighted by Crippen LogP contribution is -2.37. The Morgan fingerprint density at radius 3 is 2.58 bits per heavy atom. The maximum Gasteiger partial charge on any atom is 0.251 e. The molecule has 2 rings (SSSR count). The minimum atomic E-state index is -0.201. The molecule has 1 amide bonds. The molecule has 4 N–H and O–H groups in total. The van der Waals surface area contributed by atoms with E-state index in [4.69, 9.17) is 5.73 Å². The van der Waals surface area contributed by atoms with E-state index in [2.05, 4.69) is 15.5 Å². The van der Waals surface area contributed by atoms with E-state index >= 15 is 0 Å². The van der Waals surface area contributed by atoms with Gasteiger partial charge in [0.05, 0.1) is 6.54 Å². The summed E-state index contributed by atoms with van der Waals surface area (Å²) in [6.07, 6.45) is 3.88. The Morgan fingerprint density at radius 1 is 1.08 bits per heavy atom. The number of rotatable bonds is 9. The highest BCUT2D eigenvalue weighted by molar-refractivity contribution is 6.01. The van der Waals surface area contributed by atoms with Crippen molar-refractivity contribution in [1.82, 2.24) is 15.5 Å². The van der Waals surface area contributed by atoms with Crippen molar-refractivity contribution in [3.8, 4) is 0 Å². The van der Waals surface area contributed by atoms with Crippen LogP contribution in [0.5, 0.6) is 0 Å². The molecule has 0 aromatic heterocycles. The van der Waals surface area contributed by atoms with Crippen LogP contribution in [-0.2, 0) is 0 Å². The molecule has 1 heterocycles. The van der Waals surface area contributed by atoms with Gasteiger partial charge in [-0.25, -0.2) is 0 Å². The van der Waals surface area contributed by atoms with Crippen LogP contribution >= 0.6 is 0 Å². The van der Waals surface area contributed by atoms with Gasteiger partial charge >= 0.3 is 0 Å². The van der Waals surface area contributed by atoms with Crippen molar-refractivity contribution >= 4 is 11.7 Å². The molecule has 0 saturated carbocycles. The molecular formula is C18H28N4O2. The van der Waals surface area contributed by atoms with Crippen molar-refractivity contribution in [2.24, 2.45) is 5.73 Å². The van der Waals surface area contributed by atoms with Crippen molar-refractivity contribution in [3.05, 3.63) is 35.4 Å². The van der Waals surface area contributed by atoms with Crippen molar-refractivity contribution in [2.75, 3.05) is 45.8 Å². The lowest BCUT2D eigenvalue weighted by Gasteiger charge is -2.26. The fourth-order valence-electron chi connectivity index (χ4n) is 2.85. The molecule has 1 aliphatic rings. The first-order valence-corrected chi connectivity index (χ1v) is 8.75. The van der Waals surface area contributed by atoms with Gasteiger partial charge in [0.1, 0.15) is 0 Å². The molecule has 0 atom stereocenters. The molecule has 6 heteroatoms. The molecule has 1 fully saturated rings. The van der Waals surface area contributed by atoms with E-state index in [1.165, 1.54) is 19.3 Å². The van der Waals surface area contributed by atoms with Gasteiger partial charge in [-0.15, -0.1) is 0 Å². The van der Waals surface area contributed by atoms with Crippen LogP contribution in [0.1, 0.15) is 40.0 Å². The summed E-state index contributed by atoms with van der Waals surface area (Å²) in [5.41, 5.74) is 6.42. The average Bonchev–Trinajstić information content (AvgIpc) is 2.64. The SMILES string of the molecule is NCCNC(=O)c1cccc(C(=O)CNCCN2CCCCC2)c1. The molecule has 0 radical (unpaired) electrons. The van der Waals surface area contributed by atoms with E-state index in [-0.39, 0.29) is 11.7 Å². The predicted octanol–water partition coefficient (Wildman–Crippen LogP) is 0.633. The zero-order valence-corrected chi connectivity index (χ0v) is 14.2. The lowest BCUT2D eigenvalue weighted by atomic mass is 10.1. The minimum Gasteiger partial charge on any atom is -0.351 e. The summed E-state index contributed by atoms with van der Waals surface area (Å²) in [5.74, 6) is -0.199. The third-order valence-corrected chi connectivity index (χ3v) is 4.22. The number of carbonyl (C=O) groups is 2. The van der Waals surface area contributed by atoms with Crippen LogP contribution in [0.25, 0.3) is 0 Å². The Kier molecular flexibility index (Phi) is 7.88. The maximum atomic E-state index is 12.3. The van der Waals surface area contributed by atoms with Gasteiger partial charge in [0, 0.05) is 37.3 Å². The minimum absolute atomic E-state index is 0.00196. The van der Waals surface area contributed by atoms with Gasteiger partial charge in [0.25, 0.3) is 5.91 Å². The second-order valence-corrected chi connectivity index (χ2v) is 6.13. The fourth-order valence-corrected chi connectivity index (χ4v) is 2.85. The molecule has 0 spiro atoms. The Morgan fingerprint density at radius 2 is 1.83 bits per heavy atom. The fraction of sp³-hybridized carbons (Fsp3) is 0.556. The second kappa shape index (κ2) is 10.2. The molecule has 0 unspecified atom stereocenters. The molecule has 0 bridgehead atoms. The Balaban J connectivity index is 1.76. The third-order valence-electron chi connectivity index (χ3n) is 4.22. The number of nitrogens with one attached hydrogen (secondary N) is 2. The van der Waals surface area contributed by atoms with E-state index in [9.17, 15) is 9.59 Å². The first-order valence-electron chi connectivity index (χ1n) is 8.75. The molecule has 1 aromatic carbocycles. The van der Waals surface area contributed by atoms with Crippen molar-refractivity contribution < 1.29 is 9.59 Å². The van der Waals surface area contributed by atoms with Gasteiger partial charge in [-0.1, -0.05) is 18.6 Å². The summed E-state index contributed by atoms with van der Waals surface area (Å²) in [5, 5.41) is 5.91. The van der Waals surface area contributed by atoms with Crippen LogP contribution < -0.4 is 16.4 Å². The van der Waals surface area contributed by atoms with E-state index in [0.29, 0.717) is 30.8 Å². The predicted molar refractivity (Wildman–Crippen MR) is 95.3 cm³/mol. The number of Topliss-reactive ketones (excluding diaryl/α,β-unsaturated/α-hetero) is 1. The lowest BCUT2D eigenvalue weighted by molar-refractivity contribution is 0.0954. The number of nitrogens with zero attached hydrogens (tertiary/aromatic N) is 1. The van der Waals surface area contributed by atoms with Gasteiger partial charge in [-0.3, -0.25) is 9.59 Å². The molecule has 0 aliphatic carbocycles. The van der Waals surface area contributed by atoms with Crippen molar-refractivity contribution in [1.29, 1.82) is 0 Å². The van der Waals surface area contributed by atoms with E-state index in [1.54, 1.807) is 24.3 Å². The molecule has 6 nitrogen and oxygen atoms in total. The Bertz CT molecular complexity index is 542. The highest BCUT2D eigenvalue weighted by Gasteiger charge is 2.11. The summed E-state index contributed by atoms with van der Waals surface area (Å²) in [6, 6.07) is 6.82. The van der Waals surface area contributed by atoms with Crippen LogP contribution in [0.15, 0.2) is 24.3 Å². The Labute approximate surface area is 143 Å². The number of carbonyl (C=O) groups excluding carboxylic acids is 2. The average molecular weight is 332 g/mol. The summed E-state index contributed by atoms with van der Waals surface area (Å²) >= 11 is 0. The zero-order chi connectivity index (χ0) is 17.2. The normalized spacial score (nSPS) is 15.2. The summed E-state index contributed by atoms with van der Waals surface area (Å²) in [6.45, 7) is 5.23. The summed E-state index contributed by atoms with van der Waals surface area (Å²) < 4.78 is 0. The molecule has 24 heavy (non-hydrogen) atoms. The van der Waals surface area contributed by atoms with Gasteiger partial charge in [0.15, 0.2) is 5.78 Å². The van der Waals surface area contributed by atoms with Crippen LogP contribution in [-0.4, -0.2) is 62.4 Å². The second-order valence-electron chi connectivity index (χ2n) is 6.13. The van der Waals surface area contributed by atoms with E-state index in [1.807, 2.05) is 0 Å². The zero-order valence-electron chi connectivity index (χ0n) is 14.2. The monoisotopic (exact) mass is 332 g/mol. The number of likely N-dealkylation sites (tertiary alicyclic amines) is 1. The maximum absolute atomic E-state index is 12.3. The Hall–Kier alpha value is -1.76. The van der Waals surface area contributed by atoms with E-state index in [0.717, 1.165) is 26.2 Å². The van der Waals surface area contributed by atoms with Gasteiger partial charge in [0.2, 0.25) is 0 Å². The number of piperidine rings is 1. The number of benzene rings is 1. The van der Waals surface area contributed by atoms with Crippen LogP contribution in [0.2, 0.25) is 0 Å². The highest BCUT2D eigenvalue weighted by Crippen LogP contribution is 2.08. The standard InChI is InChI=1S/C18H28N4O2/c19-7-8-21-18(24)16-6-4-5-15(13-16)17(23)14-20-9-12-22-10-2-1-3-11-22/h4-6,13,20H,1-3,7-12,14,19H2,(H,21,24). The smallest absolute Gasteiger partial charge is 0.251 e. The van der Waals surface area contributed by atoms with E-state index < -0.39 is 0 Å². The highest BCUT2D eigenvalue weighted by atomic mass is 16.1. The molecule has 1 saturated heterocycles. The number of hydrogen-bond acceptors (Lipinski definition) is 5. The van der Waals surface area contributed by atoms with Crippen LogP contribution in [0, 0.1) is 0 Å². The first-order chi connectivity index (χ1) is 11.7. The topological polar surface area (TPSA) is 87.5 Å². The number of amides is 1. The van der Waals surface area contributed by atoms with Crippen molar-refractivity contribution in [3.63, 3.8) is 0 Å². The summed E-state index contributed by atoms with van der Waals surface area (Å²) in [4.78, 5) is 26.6. The van der Waals surface area contributed by atoms with Gasteiger partial charge in [-0.2, -0.15) is 0 Å². The molecule has 1 aliphatic heterocycles. The summed E-state index contributed by atoms with van der Waals surface area (Å²) in [7, 11) is 0. The largest absolute Gasteiger partial charge is 0.351 e. The molecule has 1 aromatic rings. The van der Waals surface area contributed by atoms with Gasteiger partial charge in [-0.05, 0) is 38.1 Å². The number of hydrogen-bond donors (Lipinski definition) is 3. The van der Waals surface area contributed by atoms with Gasteiger partial charge < -0.3 is 21.3 Å². The number of ketones is 1. The quantitative estimate of drug-likeness (QED) is 0.456.